The molecule has 0 unspecified atom stereocenters. The minimum absolute atomic E-state index is 0.188. The fourth-order valence-electron chi connectivity index (χ4n) is 1.17. The van der Waals surface area contributed by atoms with Gasteiger partial charge in [-0.2, -0.15) is 0 Å². The molecular weight excluding hydrogens is 312 g/mol. The van der Waals surface area contributed by atoms with Crippen molar-refractivity contribution in [2.24, 2.45) is 0 Å². The molecule has 0 aliphatic heterocycles. The van der Waals surface area contributed by atoms with Crippen LogP contribution >= 0.6 is 31.9 Å². The first kappa shape index (κ1) is 12.2. The van der Waals surface area contributed by atoms with Gasteiger partial charge in [-0.25, -0.2) is 0 Å². The molecule has 0 amide bonds. The average Bonchev–Trinajstić information content (AvgIpc) is 2.20. The number of rotatable bonds is 4. The Bertz CT molecular complexity index is 268. The number of methoxy groups -OCH3 is 2. The Balaban J connectivity index is 2.81. The first-order valence-corrected chi connectivity index (χ1v) is 5.95. The fourth-order valence-corrected chi connectivity index (χ4v) is 1.78. The molecule has 0 heterocycles. The highest BCUT2D eigenvalue weighted by Gasteiger charge is 2.09. The molecule has 1 rings (SSSR count). The zero-order valence-corrected chi connectivity index (χ0v) is 11.2. The van der Waals surface area contributed by atoms with E-state index in [9.17, 15) is 0 Å². The van der Waals surface area contributed by atoms with Gasteiger partial charge in [0.15, 0.2) is 6.29 Å². The summed E-state index contributed by atoms with van der Waals surface area (Å²) in [7, 11) is 3.25. The van der Waals surface area contributed by atoms with Gasteiger partial charge in [0.05, 0.1) is 3.74 Å². The summed E-state index contributed by atoms with van der Waals surface area (Å²) in [5.74, 6) is 0. The van der Waals surface area contributed by atoms with E-state index < -0.39 is 0 Å². The van der Waals surface area contributed by atoms with Crippen molar-refractivity contribution < 1.29 is 9.47 Å². The molecule has 0 atom stereocenters. The average molecular weight is 324 g/mol. The van der Waals surface area contributed by atoms with E-state index in [4.69, 9.17) is 9.47 Å². The van der Waals surface area contributed by atoms with E-state index in [2.05, 4.69) is 31.9 Å². The SMILES string of the molecule is COC(OC)c1ccc(C(Br)Br)cc1. The summed E-state index contributed by atoms with van der Waals surface area (Å²) in [6, 6.07) is 8.02. The maximum atomic E-state index is 5.14. The Morgan fingerprint density at radius 3 is 1.71 bits per heavy atom. The molecule has 2 nitrogen and oxygen atoms in total. The van der Waals surface area contributed by atoms with E-state index in [-0.39, 0.29) is 10.0 Å². The number of ether oxygens (including phenoxy) is 2. The Labute approximate surface area is 101 Å². The predicted molar refractivity (Wildman–Crippen MR) is 63.8 cm³/mol. The van der Waals surface area contributed by atoms with E-state index in [1.54, 1.807) is 14.2 Å². The van der Waals surface area contributed by atoms with E-state index in [0.29, 0.717) is 0 Å². The van der Waals surface area contributed by atoms with Gasteiger partial charge in [-0.3, -0.25) is 0 Å². The lowest BCUT2D eigenvalue weighted by Gasteiger charge is -2.14. The summed E-state index contributed by atoms with van der Waals surface area (Å²) in [5, 5.41) is 0. The molecule has 0 bridgehead atoms. The molecule has 14 heavy (non-hydrogen) atoms. The Morgan fingerprint density at radius 2 is 1.36 bits per heavy atom. The number of hydrogen-bond donors (Lipinski definition) is 0. The first-order valence-electron chi connectivity index (χ1n) is 4.12. The summed E-state index contributed by atoms with van der Waals surface area (Å²) >= 11 is 6.86. The van der Waals surface area contributed by atoms with E-state index in [1.807, 2.05) is 24.3 Å². The lowest BCUT2D eigenvalue weighted by molar-refractivity contribution is -0.106. The van der Waals surface area contributed by atoms with Crippen LogP contribution in [0.25, 0.3) is 0 Å². The molecule has 78 valence electrons. The highest BCUT2D eigenvalue weighted by molar-refractivity contribution is 9.24. The van der Waals surface area contributed by atoms with Crippen LogP contribution in [-0.4, -0.2) is 14.2 Å². The normalized spacial score (nSPS) is 11.3. The lowest BCUT2D eigenvalue weighted by atomic mass is 10.1. The molecule has 0 saturated heterocycles. The molecule has 0 spiro atoms. The molecule has 1 aromatic rings. The van der Waals surface area contributed by atoms with Crippen LogP contribution in [0.2, 0.25) is 0 Å². The highest BCUT2D eigenvalue weighted by Crippen LogP contribution is 2.30. The van der Waals surface area contributed by atoms with Crippen LogP contribution in [0.15, 0.2) is 24.3 Å². The highest BCUT2D eigenvalue weighted by atomic mass is 79.9. The molecule has 1 aromatic carbocycles. The van der Waals surface area contributed by atoms with Gasteiger partial charge < -0.3 is 9.47 Å². The minimum atomic E-state index is -0.284. The number of benzene rings is 1. The van der Waals surface area contributed by atoms with Crippen LogP contribution < -0.4 is 0 Å². The summed E-state index contributed by atoms with van der Waals surface area (Å²) in [5.41, 5.74) is 2.18. The molecular formula is C10H12Br2O2. The van der Waals surface area contributed by atoms with Crippen LogP contribution in [0.4, 0.5) is 0 Å². The third-order valence-electron chi connectivity index (χ3n) is 1.89. The standard InChI is InChI=1S/C10H12Br2O2/c1-13-10(14-2)8-5-3-7(4-6-8)9(11)12/h3-6,9-10H,1-2H3. The van der Waals surface area contributed by atoms with Crippen molar-refractivity contribution in [1.29, 1.82) is 0 Å². The van der Waals surface area contributed by atoms with Gasteiger partial charge in [0.25, 0.3) is 0 Å². The minimum Gasteiger partial charge on any atom is -0.352 e. The topological polar surface area (TPSA) is 18.5 Å². The second-order valence-corrected chi connectivity index (χ2v) is 5.83. The predicted octanol–water partition coefficient (Wildman–Crippen LogP) is 3.77. The van der Waals surface area contributed by atoms with E-state index in [1.165, 1.54) is 5.56 Å². The van der Waals surface area contributed by atoms with Crippen molar-refractivity contribution >= 4 is 31.9 Å². The molecule has 0 saturated carbocycles. The molecule has 0 aliphatic carbocycles. The Kier molecular flexibility index (Phi) is 5.09. The molecule has 4 heteroatoms. The van der Waals surface area contributed by atoms with Crippen LogP contribution in [-0.2, 0) is 9.47 Å². The zero-order chi connectivity index (χ0) is 10.6. The Morgan fingerprint density at radius 1 is 0.929 bits per heavy atom. The number of halogens is 2. The lowest BCUT2D eigenvalue weighted by Crippen LogP contribution is -2.03. The van der Waals surface area contributed by atoms with Gasteiger partial charge in [0.1, 0.15) is 0 Å². The van der Waals surface area contributed by atoms with Gasteiger partial charge in [0.2, 0.25) is 0 Å². The van der Waals surface area contributed by atoms with Crippen molar-refractivity contribution in [2.45, 2.75) is 10.0 Å². The zero-order valence-electron chi connectivity index (χ0n) is 8.04. The second kappa shape index (κ2) is 5.85. The van der Waals surface area contributed by atoms with Crippen molar-refractivity contribution in [3.05, 3.63) is 35.4 Å². The van der Waals surface area contributed by atoms with Crippen LogP contribution in [0.3, 0.4) is 0 Å². The first-order chi connectivity index (χ1) is 6.69. The van der Waals surface area contributed by atoms with Crippen LogP contribution in [0.5, 0.6) is 0 Å². The van der Waals surface area contributed by atoms with Gasteiger partial charge in [0, 0.05) is 19.8 Å². The molecule has 0 aromatic heterocycles. The monoisotopic (exact) mass is 322 g/mol. The second-order valence-electron chi connectivity index (χ2n) is 2.77. The summed E-state index contributed by atoms with van der Waals surface area (Å²) in [6.07, 6.45) is -0.284. The van der Waals surface area contributed by atoms with Gasteiger partial charge in [-0.1, -0.05) is 56.1 Å². The molecule has 0 radical (unpaired) electrons. The molecule has 0 fully saturated rings. The fraction of sp³-hybridized carbons (Fsp3) is 0.400. The van der Waals surface area contributed by atoms with Crippen molar-refractivity contribution in [1.82, 2.24) is 0 Å². The third kappa shape index (κ3) is 3.05. The largest absolute Gasteiger partial charge is 0.352 e. The third-order valence-corrected chi connectivity index (χ3v) is 2.95. The van der Waals surface area contributed by atoms with Crippen molar-refractivity contribution in [3.8, 4) is 0 Å². The van der Waals surface area contributed by atoms with Gasteiger partial charge >= 0.3 is 0 Å². The quantitative estimate of drug-likeness (QED) is 0.620. The van der Waals surface area contributed by atoms with Gasteiger partial charge in [-0.15, -0.1) is 0 Å². The smallest absolute Gasteiger partial charge is 0.183 e. The summed E-state index contributed by atoms with van der Waals surface area (Å²) < 4.78 is 10.5. The van der Waals surface area contributed by atoms with Crippen molar-refractivity contribution in [3.63, 3.8) is 0 Å². The maximum Gasteiger partial charge on any atom is 0.183 e. The summed E-state index contributed by atoms with van der Waals surface area (Å²) in [6.45, 7) is 0. The van der Waals surface area contributed by atoms with Gasteiger partial charge in [-0.05, 0) is 5.56 Å². The van der Waals surface area contributed by atoms with Crippen LogP contribution in [0, 0.1) is 0 Å². The number of hydrogen-bond acceptors (Lipinski definition) is 2. The van der Waals surface area contributed by atoms with E-state index >= 15 is 0 Å². The maximum absolute atomic E-state index is 5.14. The van der Waals surface area contributed by atoms with Crippen LogP contribution in [0.1, 0.15) is 21.2 Å². The van der Waals surface area contributed by atoms with E-state index in [0.717, 1.165) is 5.56 Å². The summed E-state index contributed by atoms with van der Waals surface area (Å²) in [4.78, 5) is 0. The van der Waals surface area contributed by atoms with Crippen molar-refractivity contribution in [2.75, 3.05) is 14.2 Å². The number of alkyl halides is 2. The molecule has 0 aliphatic rings. The molecule has 0 N–H and O–H groups in total. The Hall–Kier alpha value is 0.1000.